The van der Waals surface area contributed by atoms with Crippen molar-refractivity contribution >= 4 is 17.9 Å². The number of alkyl carbamates (subject to hydrolysis) is 1. The Morgan fingerprint density at radius 2 is 1.74 bits per heavy atom. The fraction of sp³-hybridized carbons (Fsp3) is 0.812. The molecule has 0 saturated carbocycles. The van der Waals surface area contributed by atoms with E-state index in [-0.39, 0.29) is 30.8 Å². The Morgan fingerprint density at radius 3 is 2.17 bits per heavy atom. The van der Waals surface area contributed by atoms with Crippen molar-refractivity contribution in [3.63, 3.8) is 0 Å². The summed E-state index contributed by atoms with van der Waals surface area (Å²) in [6.45, 7) is 11.5. The molecule has 7 nitrogen and oxygen atoms in total. The normalized spacial score (nSPS) is 12.7. The van der Waals surface area contributed by atoms with E-state index < -0.39 is 17.6 Å². The summed E-state index contributed by atoms with van der Waals surface area (Å²) in [5, 5.41) is 2.69. The molecule has 0 rings (SSSR count). The SMILES string of the molecule is CC(C)CN(CC(N)=O)C(=O)CCC(C)NC(=O)OC(C)(C)C. The maximum Gasteiger partial charge on any atom is 0.407 e. The molecule has 0 aliphatic rings. The van der Waals surface area contributed by atoms with Crippen LogP contribution in [0.3, 0.4) is 0 Å². The van der Waals surface area contributed by atoms with Gasteiger partial charge in [0.1, 0.15) is 5.60 Å². The molecule has 0 aromatic rings. The minimum absolute atomic E-state index is 0.0785. The van der Waals surface area contributed by atoms with Gasteiger partial charge in [-0.2, -0.15) is 0 Å². The van der Waals surface area contributed by atoms with Gasteiger partial charge < -0.3 is 20.7 Å². The molecule has 7 heteroatoms. The van der Waals surface area contributed by atoms with Gasteiger partial charge in [0.25, 0.3) is 0 Å². The van der Waals surface area contributed by atoms with E-state index in [2.05, 4.69) is 5.32 Å². The highest BCUT2D eigenvalue weighted by Crippen LogP contribution is 2.08. The van der Waals surface area contributed by atoms with E-state index in [4.69, 9.17) is 10.5 Å². The molecule has 0 aromatic carbocycles. The Kier molecular flexibility index (Phi) is 8.64. The Hall–Kier alpha value is -1.79. The van der Waals surface area contributed by atoms with Gasteiger partial charge in [-0.3, -0.25) is 9.59 Å². The lowest BCUT2D eigenvalue weighted by Gasteiger charge is -2.24. The Labute approximate surface area is 138 Å². The highest BCUT2D eigenvalue weighted by molar-refractivity contribution is 5.83. The molecule has 23 heavy (non-hydrogen) atoms. The lowest BCUT2D eigenvalue weighted by atomic mass is 10.1. The molecule has 0 bridgehead atoms. The molecule has 3 N–H and O–H groups in total. The van der Waals surface area contributed by atoms with E-state index in [1.807, 2.05) is 13.8 Å². The zero-order valence-corrected chi connectivity index (χ0v) is 15.1. The Morgan fingerprint density at radius 1 is 1.17 bits per heavy atom. The van der Waals surface area contributed by atoms with Crippen LogP contribution in [0, 0.1) is 5.92 Å². The highest BCUT2D eigenvalue weighted by atomic mass is 16.6. The van der Waals surface area contributed by atoms with Gasteiger partial charge in [-0.25, -0.2) is 4.79 Å². The van der Waals surface area contributed by atoms with Crippen LogP contribution in [0.1, 0.15) is 54.4 Å². The summed E-state index contributed by atoms with van der Waals surface area (Å²) in [4.78, 5) is 36.4. The second-order valence-corrected chi connectivity index (χ2v) is 7.22. The molecule has 0 fully saturated rings. The van der Waals surface area contributed by atoms with E-state index in [9.17, 15) is 14.4 Å². The zero-order chi connectivity index (χ0) is 18.2. The van der Waals surface area contributed by atoms with Crippen LogP contribution in [0.2, 0.25) is 0 Å². The maximum atomic E-state index is 12.2. The first kappa shape index (κ1) is 21.2. The van der Waals surface area contributed by atoms with Crippen molar-refractivity contribution in [2.75, 3.05) is 13.1 Å². The third kappa shape index (κ3) is 11.4. The number of primary amides is 1. The molecular formula is C16H31N3O4. The van der Waals surface area contributed by atoms with E-state index in [1.165, 1.54) is 4.90 Å². The van der Waals surface area contributed by atoms with Gasteiger partial charge in [0.05, 0.1) is 6.54 Å². The number of carbonyl (C=O) groups excluding carboxylic acids is 3. The Bertz CT molecular complexity index is 416. The summed E-state index contributed by atoms with van der Waals surface area (Å²) in [6.07, 6.45) is 0.191. The lowest BCUT2D eigenvalue weighted by Crippen LogP contribution is -2.42. The number of nitrogens with two attached hydrogens (primary N) is 1. The smallest absolute Gasteiger partial charge is 0.407 e. The summed E-state index contributed by atoms with van der Waals surface area (Å²) < 4.78 is 5.16. The van der Waals surface area contributed by atoms with Crippen LogP contribution < -0.4 is 11.1 Å². The van der Waals surface area contributed by atoms with Gasteiger partial charge in [0.15, 0.2) is 0 Å². The van der Waals surface area contributed by atoms with E-state index in [1.54, 1.807) is 27.7 Å². The highest BCUT2D eigenvalue weighted by Gasteiger charge is 2.20. The van der Waals surface area contributed by atoms with Gasteiger partial charge in [-0.1, -0.05) is 13.8 Å². The van der Waals surface area contributed by atoms with Crippen LogP contribution in [0.25, 0.3) is 0 Å². The number of rotatable bonds is 8. The zero-order valence-electron chi connectivity index (χ0n) is 15.1. The van der Waals surface area contributed by atoms with Gasteiger partial charge in [-0.05, 0) is 40.0 Å². The molecule has 0 aliphatic carbocycles. The van der Waals surface area contributed by atoms with Gasteiger partial charge in [0, 0.05) is 19.0 Å². The van der Waals surface area contributed by atoms with Crippen molar-refractivity contribution < 1.29 is 19.1 Å². The second kappa shape index (κ2) is 9.37. The first-order valence-electron chi connectivity index (χ1n) is 7.96. The molecule has 0 heterocycles. The molecule has 1 unspecified atom stereocenters. The average molecular weight is 329 g/mol. The standard InChI is InChI=1S/C16H31N3O4/c1-11(2)9-19(10-13(17)20)14(21)8-7-12(3)18-15(22)23-16(4,5)6/h11-12H,7-10H2,1-6H3,(H2,17,20)(H,18,22). The van der Waals surface area contributed by atoms with Crippen molar-refractivity contribution in [2.45, 2.75) is 66.0 Å². The Balaban J connectivity index is 4.37. The van der Waals surface area contributed by atoms with E-state index in [0.717, 1.165) is 0 Å². The second-order valence-electron chi connectivity index (χ2n) is 7.22. The summed E-state index contributed by atoms with van der Waals surface area (Å²) in [5.41, 5.74) is 4.62. The summed E-state index contributed by atoms with van der Waals surface area (Å²) in [6, 6.07) is -0.205. The van der Waals surface area contributed by atoms with Crippen LogP contribution in [0.15, 0.2) is 0 Å². The van der Waals surface area contributed by atoms with Crippen LogP contribution in [-0.2, 0) is 14.3 Å². The topological polar surface area (TPSA) is 102 Å². The van der Waals surface area contributed by atoms with Gasteiger partial charge >= 0.3 is 6.09 Å². The number of hydrogen-bond donors (Lipinski definition) is 2. The van der Waals surface area contributed by atoms with E-state index in [0.29, 0.717) is 13.0 Å². The predicted molar refractivity (Wildman–Crippen MR) is 88.7 cm³/mol. The first-order chi connectivity index (χ1) is 10.4. The number of nitrogens with one attached hydrogen (secondary N) is 1. The maximum absolute atomic E-state index is 12.2. The monoisotopic (exact) mass is 329 g/mol. The molecule has 134 valence electrons. The molecule has 0 aliphatic heterocycles. The van der Waals surface area contributed by atoms with Crippen LogP contribution in [0.5, 0.6) is 0 Å². The number of carbonyl (C=O) groups is 3. The number of nitrogens with zero attached hydrogens (tertiary/aromatic N) is 1. The molecule has 0 aromatic heterocycles. The third-order valence-corrected chi connectivity index (χ3v) is 2.84. The summed E-state index contributed by atoms with van der Waals surface area (Å²) in [5.74, 6) is -0.426. The molecule has 0 spiro atoms. The number of amides is 3. The minimum atomic E-state index is -0.560. The van der Waals surface area contributed by atoms with Crippen molar-refractivity contribution in [2.24, 2.45) is 11.7 Å². The van der Waals surface area contributed by atoms with Gasteiger partial charge in [-0.15, -0.1) is 0 Å². The number of ether oxygens (including phenoxy) is 1. The van der Waals surface area contributed by atoms with Crippen molar-refractivity contribution in [3.05, 3.63) is 0 Å². The van der Waals surface area contributed by atoms with Crippen LogP contribution in [0.4, 0.5) is 4.79 Å². The average Bonchev–Trinajstić information content (AvgIpc) is 2.31. The van der Waals surface area contributed by atoms with Crippen molar-refractivity contribution in [1.82, 2.24) is 10.2 Å². The summed E-state index contributed by atoms with van der Waals surface area (Å²) in [7, 11) is 0. The summed E-state index contributed by atoms with van der Waals surface area (Å²) >= 11 is 0. The number of hydrogen-bond acceptors (Lipinski definition) is 4. The first-order valence-corrected chi connectivity index (χ1v) is 7.96. The van der Waals surface area contributed by atoms with Crippen LogP contribution >= 0.6 is 0 Å². The van der Waals surface area contributed by atoms with Crippen LogP contribution in [-0.4, -0.2) is 47.5 Å². The van der Waals surface area contributed by atoms with Crippen molar-refractivity contribution in [1.29, 1.82) is 0 Å². The third-order valence-electron chi connectivity index (χ3n) is 2.84. The minimum Gasteiger partial charge on any atom is -0.444 e. The largest absolute Gasteiger partial charge is 0.444 e. The lowest BCUT2D eigenvalue weighted by molar-refractivity contribution is -0.135. The van der Waals surface area contributed by atoms with Gasteiger partial charge in [0.2, 0.25) is 11.8 Å². The molecular weight excluding hydrogens is 298 g/mol. The van der Waals surface area contributed by atoms with Crippen molar-refractivity contribution in [3.8, 4) is 0 Å². The molecule has 3 amide bonds. The molecule has 0 saturated heterocycles. The fourth-order valence-corrected chi connectivity index (χ4v) is 1.96. The molecule has 0 radical (unpaired) electrons. The molecule has 1 atom stereocenters. The quantitative estimate of drug-likeness (QED) is 0.707. The fourth-order valence-electron chi connectivity index (χ4n) is 1.96. The predicted octanol–water partition coefficient (Wildman–Crippen LogP) is 1.65. The van der Waals surface area contributed by atoms with E-state index >= 15 is 0 Å².